The monoisotopic (exact) mass is 366 g/mol. The number of Topliss-reactive ketones (excluding diaryl/α,β-unsaturated/α-hetero) is 1. The van der Waals surface area contributed by atoms with Crippen LogP contribution in [0.3, 0.4) is 0 Å². The zero-order chi connectivity index (χ0) is 18.2. The summed E-state index contributed by atoms with van der Waals surface area (Å²) in [4.78, 5) is 13.4. The van der Waals surface area contributed by atoms with Crippen LogP contribution in [0, 0.1) is 18.3 Å². The van der Waals surface area contributed by atoms with E-state index < -0.39 is 14.6 Å². The Morgan fingerprint density at radius 2 is 1.62 bits per heavy atom. The Balaban J connectivity index is 1.39. The molecule has 0 heterocycles. The summed E-state index contributed by atoms with van der Waals surface area (Å²) in [6.07, 6.45) is 3.72. The molecule has 2 aromatic rings. The predicted octanol–water partition coefficient (Wildman–Crippen LogP) is 4.14. The molecule has 0 amide bonds. The van der Waals surface area contributed by atoms with Gasteiger partial charge in [-0.05, 0) is 62.1 Å². The second-order valence-corrected chi connectivity index (χ2v) is 10.8. The summed E-state index contributed by atoms with van der Waals surface area (Å²) in [7, 11) is -3.32. The van der Waals surface area contributed by atoms with Crippen molar-refractivity contribution in [2.24, 2.45) is 11.3 Å². The van der Waals surface area contributed by atoms with Gasteiger partial charge in [-0.1, -0.05) is 42.0 Å². The molecule has 0 aromatic heterocycles. The van der Waals surface area contributed by atoms with Crippen LogP contribution in [0.25, 0.3) is 0 Å². The minimum atomic E-state index is -3.32. The summed E-state index contributed by atoms with van der Waals surface area (Å²) < 4.78 is 25.6. The molecule has 0 N–H and O–H groups in total. The normalized spacial score (nSPS) is 32.3. The third-order valence-corrected chi connectivity index (χ3v) is 9.43. The van der Waals surface area contributed by atoms with Crippen molar-refractivity contribution in [1.29, 1.82) is 0 Å². The zero-order valence-electron chi connectivity index (χ0n) is 14.9. The van der Waals surface area contributed by atoms with Crippen LogP contribution in [-0.4, -0.2) is 18.9 Å². The van der Waals surface area contributed by atoms with Crippen molar-refractivity contribution in [2.75, 3.05) is 0 Å². The number of rotatable bonds is 3. The first-order valence-electron chi connectivity index (χ1n) is 9.30. The van der Waals surface area contributed by atoms with E-state index in [1.807, 2.05) is 43.3 Å². The number of sulfone groups is 1. The van der Waals surface area contributed by atoms with Crippen LogP contribution in [0.15, 0.2) is 53.4 Å². The van der Waals surface area contributed by atoms with Crippen molar-refractivity contribution in [3.63, 3.8) is 0 Å². The molecule has 134 valence electrons. The van der Waals surface area contributed by atoms with E-state index in [1.165, 1.54) is 0 Å². The summed E-state index contributed by atoms with van der Waals surface area (Å²) in [6.45, 7) is 1.96. The summed E-state index contributed by atoms with van der Waals surface area (Å²) >= 11 is 0. The molecule has 26 heavy (non-hydrogen) atoms. The van der Waals surface area contributed by atoms with Crippen molar-refractivity contribution in [3.05, 3.63) is 65.2 Å². The fourth-order valence-electron chi connectivity index (χ4n) is 5.57. The molecule has 0 spiro atoms. The minimum absolute atomic E-state index is 0.00695. The van der Waals surface area contributed by atoms with Crippen LogP contribution >= 0.6 is 0 Å². The van der Waals surface area contributed by atoms with Gasteiger partial charge in [0, 0.05) is 11.5 Å². The molecular weight excluding hydrogens is 344 g/mol. The fraction of sp³-hybridized carbons (Fsp3) is 0.409. The van der Waals surface area contributed by atoms with E-state index in [9.17, 15) is 13.2 Å². The first kappa shape index (κ1) is 16.2. The molecule has 0 unspecified atom stereocenters. The Morgan fingerprint density at radius 1 is 0.962 bits per heavy atom. The SMILES string of the molecule is Cc1ccc(S(=O)(=O)C23CC([C@H]4CCc5ccccc5C4=O)(C2)C3)cc1. The van der Waals surface area contributed by atoms with Crippen molar-refractivity contribution in [2.45, 2.75) is 48.7 Å². The van der Waals surface area contributed by atoms with Gasteiger partial charge in [0.2, 0.25) is 0 Å². The quantitative estimate of drug-likeness (QED) is 0.820. The molecule has 0 saturated heterocycles. The third-order valence-electron chi connectivity index (χ3n) is 6.96. The lowest BCUT2D eigenvalue weighted by atomic mass is 9.38. The number of fused-ring (bicyclic) bond motifs is 1. The largest absolute Gasteiger partial charge is 0.294 e. The lowest BCUT2D eigenvalue weighted by Gasteiger charge is -2.72. The molecule has 0 radical (unpaired) electrons. The second-order valence-electron chi connectivity index (χ2n) is 8.50. The zero-order valence-corrected chi connectivity index (χ0v) is 15.7. The van der Waals surface area contributed by atoms with E-state index in [1.54, 1.807) is 12.1 Å². The number of hydrogen-bond acceptors (Lipinski definition) is 3. The van der Waals surface area contributed by atoms with Crippen LogP contribution in [0.2, 0.25) is 0 Å². The van der Waals surface area contributed by atoms with Crippen LogP contribution in [0.1, 0.15) is 47.2 Å². The van der Waals surface area contributed by atoms with Crippen LogP contribution in [0.4, 0.5) is 0 Å². The van der Waals surface area contributed by atoms with Gasteiger partial charge in [0.05, 0.1) is 9.64 Å². The molecular formula is C22H22O3S. The van der Waals surface area contributed by atoms with E-state index in [0.717, 1.165) is 29.5 Å². The number of hydrogen-bond donors (Lipinski definition) is 0. The molecule has 0 aliphatic heterocycles. The van der Waals surface area contributed by atoms with E-state index >= 15 is 0 Å². The highest BCUT2D eigenvalue weighted by atomic mass is 32.2. The predicted molar refractivity (Wildman–Crippen MR) is 100.0 cm³/mol. The molecule has 2 bridgehead atoms. The minimum Gasteiger partial charge on any atom is -0.294 e. The van der Waals surface area contributed by atoms with Gasteiger partial charge in [-0.25, -0.2) is 8.42 Å². The highest BCUT2D eigenvalue weighted by Crippen LogP contribution is 2.75. The van der Waals surface area contributed by atoms with Gasteiger partial charge in [0.25, 0.3) is 0 Å². The number of carbonyl (C=O) groups is 1. The average Bonchev–Trinajstić information content (AvgIpc) is 2.55. The van der Waals surface area contributed by atoms with Crippen molar-refractivity contribution in [3.8, 4) is 0 Å². The Bertz CT molecular complexity index is 998. The molecule has 6 rings (SSSR count). The third kappa shape index (κ3) is 1.94. The summed E-state index contributed by atoms with van der Waals surface area (Å²) in [5, 5.41) is 0. The molecule has 3 saturated carbocycles. The van der Waals surface area contributed by atoms with E-state index in [2.05, 4.69) is 0 Å². The molecule has 3 fully saturated rings. The van der Waals surface area contributed by atoms with E-state index in [0.29, 0.717) is 24.2 Å². The Labute approximate surface area is 154 Å². The standard InChI is InChI=1S/C22H22O3S/c1-15-6-9-17(10-7-15)26(24,25)22-12-21(13-22,14-22)19-11-8-16-4-2-3-5-18(16)20(19)23/h2-7,9-10,19H,8,11-14H2,1H3/t19-,21?,22?/m0/s1. The number of ketones is 1. The average molecular weight is 366 g/mol. The van der Waals surface area contributed by atoms with Crippen molar-refractivity contribution in [1.82, 2.24) is 0 Å². The first-order valence-corrected chi connectivity index (χ1v) is 10.8. The molecule has 4 heteroatoms. The van der Waals surface area contributed by atoms with Crippen molar-refractivity contribution < 1.29 is 13.2 Å². The second kappa shape index (κ2) is 5.07. The van der Waals surface area contributed by atoms with Crippen LogP contribution < -0.4 is 0 Å². The smallest absolute Gasteiger partial charge is 0.184 e. The number of benzene rings is 2. The fourth-order valence-corrected chi connectivity index (χ4v) is 8.00. The van der Waals surface area contributed by atoms with Gasteiger partial charge in [-0.15, -0.1) is 0 Å². The highest BCUT2D eigenvalue weighted by Gasteiger charge is 2.76. The molecule has 4 aliphatic rings. The Morgan fingerprint density at radius 3 is 2.31 bits per heavy atom. The summed E-state index contributed by atoms with van der Waals surface area (Å²) in [6, 6.07) is 15.0. The van der Waals surface area contributed by atoms with Gasteiger partial charge in [0.1, 0.15) is 0 Å². The number of aryl methyl sites for hydroxylation is 2. The molecule has 1 atom stereocenters. The Hall–Kier alpha value is -1.94. The van der Waals surface area contributed by atoms with Gasteiger partial charge in [0.15, 0.2) is 15.6 Å². The van der Waals surface area contributed by atoms with Crippen LogP contribution in [-0.2, 0) is 16.3 Å². The highest BCUT2D eigenvalue weighted by molar-refractivity contribution is 7.93. The lowest BCUT2D eigenvalue weighted by Crippen LogP contribution is -2.73. The van der Waals surface area contributed by atoms with Crippen LogP contribution in [0.5, 0.6) is 0 Å². The van der Waals surface area contributed by atoms with Gasteiger partial charge in [-0.3, -0.25) is 4.79 Å². The maximum absolute atomic E-state index is 13.1. The van der Waals surface area contributed by atoms with Crippen molar-refractivity contribution >= 4 is 15.6 Å². The van der Waals surface area contributed by atoms with Gasteiger partial charge < -0.3 is 0 Å². The Kier molecular flexibility index (Phi) is 3.17. The molecule has 2 aromatic carbocycles. The molecule has 4 aliphatic carbocycles. The lowest BCUT2D eigenvalue weighted by molar-refractivity contribution is -0.118. The maximum atomic E-state index is 13.1. The topological polar surface area (TPSA) is 51.2 Å². The summed E-state index contributed by atoms with van der Waals surface area (Å²) in [5.41, 5.74) is 2.97. The maximum Gasteiger partial charge on any atom is 0.184 e. The first-order chi connectivity index (χ1) is 12.4. The summed E-state index contributed by atoms with van der Waals surface area (Å²) in [5.74, 6) is 0.223. The van der Waals surface area contributed by atoms with Gasteiger partial charge >= 0.3 is 0 Å². The number of carbonyl (C=O) groups excluding carboxylic acids is 1. The van der Waals surface area contributed by atoms with Gasteiger partial charge in [-0.2, -0.15) is 0 Å². The van der Waals surface area contributed by atoms with E-state index in [4.69, 9.17) is 0 Å². The van der Waals surface area contributed by atoms with E-state index in [-0.39, 0.29) is 17.1 Å². The molecule has 3 nitrogen and oxygen atoms in total.